The Morgan fingerprint density at radius 3 is 1.95 bits per heavy atom. The molecule has 0 aromatic carbocycles. The summed E-state index contributed by atoms with van der Waals surface area (Å²) in [5, 5.41) is 3.90. The highest BCUT2D eigenvalue weighted by Gasteiger charge is 2.37. The molecule has 0 bridgehead atoms. The van der Waals surface area contributed by atoms with Crippen LogP contribution in [-0.2, 0) is 0 Å². The topological polar surface area (TPSA) is 21.8 Å². The lowest BCUT2D eigenvalue weighted by Gasteiger charge is -2.45. The Morgan fingerprint density at radius 2 is 1.51 bits per heavy atom. The number of likely N-dealkylation sites (tertiary alicyclic amines) is 1. The SMILES string of the molecule is C=CC(C)C(CC)C1CCCN1C(=C)CC(CC)C(C(C)CC)N(C)C(=C)[C@@H](NC(=C)C(C(C)C)N(C)C(C)C)C(C)C. The van der Waals surface area contributed by atoms with Gasteiger partial charge < -0.3 is 15.1 Å². The standard InChI is InChI=1S/C39H74N4/c1-18-29(11)35(21-4)36-23-22-24-43(36)31(13)25-34(20-3)39(30(12)19-2)42(17)33(15)37(26(5)6)40-32(14)38(27(7)8)41(16)28(9)10/h18,26-30,34-40H,1,13-15,19-25H2,2-12,16-17H3/t29?,30?,34?,35?,36?,37-,38?,39?/m0/s1. The van der Waals surface area contributed by atoms with E-state index in [0.717, 1.165) is 31.5 Å². The molecule has 1 aliphatic heterocycles. The van der Waals surface area contributed by atoms with Crippen LogP contribution in [0.3, 0.4) is 0 Å². The molecule has 0 aromatic rings. The molecule has 1 rings (SSSR count). The number of nitrogens with zero attached hydrogens (tertiary/aromatic N) is 3. The molecule has 0 aliphatic carbocycles. The average Bonchev–Trinajstić information content (AvgIpc) is 3.44. The molecule has 7 unspecified atom stereocenters. The molecule has 0 aromatic heterocycles. The summed E-state index contributed by atoms with van der Waals surface area (Å²) < 4.78 is 0. The second-order valence-corrected chi connectivity index (χ2v) is 14.8. The number of hydrogen-bond acceptors (Lipinski definition) is 4. The molecule has 1 saturated heterocycles. The van der Waals surface area contributed by atoms with Crippen molar-refractivity contribution in [3.05, 3.63) is 49.5 Å². The summed E-state index contributed by atoms with van der Waals surface area (Å²) >= 11 is 0. The quantitative estimate of drug-likeness (QED) is 0.133. The van der Waals surface area contributed by atoms with E-state index in [9.17, 15) is 0 Å². The predicted octanol–water partition coefficient (Wildman–Crippen LogP) is 9.58. The lowest BCUT2D eigenvalue weighted by molar-refractivity contribution is 0.121. The van der Waals surface area contributed by atoms with E-state index in [2.05, 4.69) is 130 Å². The zero-order valence-corrected chi connectivity index (χ0v) is 31.0. The van der Waals surface area contributed by atoms with E-state index in [-0.39, 0.29) is 12.1 Å². The highest BCUT2D eigenvalue weighted by molar-refractivity contribution is 5.16. The van der Waals surface area contributed by atoms with Crippen LogP contribution in [0.2, 0.25) is 0 Å². The molecule has 0 radical (unpaired) electrons. The van der Waals surface area contributed by atoms with E-state index in [4.69, 9.17) is 13.2 Å². The van der Waals surface area contributed by atoms with Gasteiger partial charge in [-0.3, -0.25) is 4.90 Å². The van der Waals surface area contributed by atoms with Crippen molar-refractivity contribution in [1.82, 2.24) is 20.0 Å². The molecular formula is C39H74N4. The Balaban J connectivity index is 3.27. The van der Waals surface area contributed by atoms with E-state index in [1.807, 2.05) is 0 Å². The Morgan fingerprint density at radius 1 is 0.907 bits per heavy atom. The van der Waals surface area contributed by atoms with Crippen molar-refractivity contribution in [2.24, 2.45) is 35.5 Å². The number of hydrogen-bond donors (Lipinski definition) is 1. The molecule has 0 amide bonds. The van der Waals surface area contributed by atoms with Gasteiger partial charge in [-0.15, -0.1) is 6.58 Å². The van der Waals surface area contributed by atoms with E-state index in [0.29, 0.717) is 53.6 Å². The van der Waals surface area contributed by atoms with Gasteiger partial charge in [-0.05, 0) is 75.7 Å². The highest BCUT2D eigenvalue weighted by atomic mass is 15.2. The summed E-state index contributed by atoms with van der Waals surface area (Å²) in [6.07, 6.45) is 9.20. The third-order valence-corrected chi connectivity index (χ3v) is 11.0. The van der Waals surface area contributed by atoms with Crippen molar-refractivity contribution in [3.63, 3.8) is 0 Å². The minimum absolute atomic E-state index is 0.125. The molecule has 1 heterocycles. The summed E-state index contributed by atoms with van der Waals surface area (Å²) in [7, 11) is 4.51. The van der Waals surface area contributed by atoms with Crippen molar-refractivity contribution in [3.8, 4) is 0 Å². The van der Waals surface area contributed by atoms with Crippen LogP contribution in [0.5, 0.6) is 0 Å². The van der Waals surface area contributed by atoms with Gasteiger partial charge in [0.2, 0.25) is 0 Å². The maximum Gasteiger partial charge on any atom is 0.0676 e. The van der Waals surface area contributed by atoms with E-state index < -0.39 is 0 Å². The molecule has 250 valence electrons. The largest absolute Gasteiger partial charge is 0.379 e. The van der Waals surface area contributed by atoms with E-state index in [1.165, 1.54) is 30.7 Å². The van der Waals surface area contributed by atoms with Crippen LogP contribution in [0.15, 0.2) is 49.5 Å². The van der Waals surface area contributed by atoms with Gasteiger partial charge in [-0.2, -0.15) is 0 Å². The molecule has 1 fully saturated rings. The van der Waals surface area contributed by atoms with Crippen LogP contribution in [0.25, 0.3) is 0 Å². The third-order valence-electron chi connectivity index (χ3n) is 11.0. The Labute approximate surface area is 270 Å². The first-order valence-electron chi connectivity index (χ1n) is 17.7. The lowest BCUT2D eigenvalue weighted by Crippen LogP contribution is -2.51. The Kier molecular flexibility index (Phi) is 16.8. The second kappa shape index (κ2) is 18.3. The fourth-order valence-electron chi connectivity index (χ4n) is 7.90. The predicted molar refractivity (Wildman–Crippen MR) is 193 cm³/mol. The maximum atomic E-state index is 4.77. The van der Waals surface area contributed by atoms with Gasteiger partial charge in [-0.25, -0.2) is 0 Å². The van der Waals surface area contributed by atoms with Gasteiger partial charge in [0.05, 0.1) is 12.1 Å². The molecule has 1 aliphatic rings. The first-order chi connectivity index (χ1) is 20.1. The fourth-order valence-corrected chi connectivity index (χ4v) is 7.90. The summed E-state index contributed by atoms with van der Waals surface area (Å²) in [5.41, 5.74) is 3.60. The van der Waals surface area contributed by atoms with Gasteiger partial charge in [0, 0.05) is 48.8 Å². The van der Waals surface area contributed by atoms with Crippen molar-refractivity contribution in [2.75, 3.05) is 20.6 Å². The van der Waals surface area contributed by atoms with Crippen LogP contribution in [0, 0.1) is 35.5 Å². The van der Waals surface area contributed by atoms with E-state index in [1.54, 1.807) is 0 Å². The van der Waals surface area contributed by atoms with Gasteiger partial charge in [-0.1, -0.05) is 107 Å². The minimum atomic E-state index is 0.125. The molecule has 8 atom stereocenters. The van der Waals surface area contributed by atoms with Gasteiger partial charge in [0.1, 0.15) is 0 Å². The molecule has 4 heteroatoms. The number of nitrogens with one attached hydrogen (secondary N) is 1. The van der Waals surface area contributed by atoms with Crippen LogP contribution >= 0.6 is 0 Å². The van der Waals surface area contributed by atoms with Crippen LogP contribution < -0.4 is 5.32 Å². The Hall–Kier alpha value is -1.68. The normalized spacial score (nSPS) is 20.6. The smallest absolute Gasteiger partial charge is 0.0676 e. The monoisotopic (exact) mass is 599 g/mol. The molecule has 43 heavy (non-hydrogen) atoms. The van der Waals surface area contributed by atoms with E-state index >= 15 is 0 Å². The zero-order chi connectivity index (χ0) is 33.2. The van der Waals surface area contributed by atoms with Crippen LogP contribution in [-0.4, -0.2) is 65.5 Å². The average molecular weight is 599 g/mol. The molecular weight excluding hydrogens is 524 g/mol. The summed E-state index contributed by atoms with van der Waals surface area (Å²) in [6, 6.07) is 1.81. The van der Waals surface area contributed by atoms with Gasteiger partial charge >= 0.3 is 0 Å². The van der Waals surface area contributed by atoms with Crippen LogP contribution in [0.1, 0.15) is 115 Å². The summed E-state index contributed by atoms with van der Waals surface area (Å²) in [4.78, 5) is 7.65. The molecule has 1 N–H and O–H groups in total. The van der Waals surface area contributed by atoms with Gasteiger partial charge in [0.25, 0.3) is 0 Å². The third kappa shape index (κ3) is 10.2. The van der Waals surface area contributed by atoms with Crippen molar-refractivity contribution < 1.29 is 0 Å². The second-order valence-electron chi connectivity index (χ2n) is 14.8. The number of rotatable bonds is 21. The zero-order valence-electron chi connectivity index (χ0n) is 31.0. The first kappa shape index (κ1) is 39.3. The van der Waals surface area contributed by atoms with Crippen molar-refractivity contribution >= 4 is 0 Å². The first-order valence-corrected chi connectivity index (χ1v) is 17.7. The lowest BCUT2D eigenvalue weighted by atomic mass is 9.80. The minimum Gasteiger partial charge on any atom is -0.379 e. The van der Waals surface area contributed by atoms with Gasteiger partial charge in [0.15, 0.2) is 0 Å². The molecule has 0 saturated carbocycles. The molecule has 4 nitrogen and oxygen atoms in total. The number of likely N-dealkylation sites (N-methyl/N-ethyl adjacent to an activating group) is 2. The van der Waals surface area contributed by atoms with Crippen molar-refractivity contribution in [2.45, 2.75) is 145 Å². The maximum absolute atomic E-state index is 4.77. The summed E-state index contributed by atoms with van der Waals surface area (Å²) in [5.74, 6) is 3.07. The fraction of sp³-hybridized carbons (Fsp3) is 0.795. The summed E-state index contributed by atoms with van der Waals surface area (Å²) in [6.45, 7) is 44.9. The Bertz CT molecular complexity index is 872. The molecule has 0 spiro atoms. The van der Waals surface area contributed by atoms with Crippen LogP contribution in [0.4, 0.5) is 0 Å². The highest BCUT2D eigenvalue weighted by Crippen LogP contribution is 2.38. The number of allylic oxidation sites excluding steroid dienone is 2. The van der Waals surface area contributed by atoms with Crippen molar-refractivity contribution in [1.29, 1.82) is 0 Å².